The Morgan fingerprint density at radius 3 is 2.81 bits per heavy atom. The van der Waals surface area contributed by atoms with Crippen LogP contribution in [-0.2, 0) is 4.79 Å². The standard InChI is InChI=1S/C14H10BrN3O3/c15-11-5-6-13(16-9-11)17-14(19)7-4-10-2-1-3-12(8-10)18(20)21/h1-9H,(H,16,17,19). The Hall–Kier alpha value is -2.54. The molecule has 1 aromatic carbocycles. The second kappa shape index (κ2) is 6.76. The highest BCUT2D eigenvalue weighted by Crippen LogP contribution is 2.14. The predicted octanol–water partition coefficient (Wildman–Crippen LogP) is 3.40. The van der Waals surface area contributed by atoms with E-state index in [1.54, 1.807) is 30.5 Å². The van der Waals surface area contributed by atoms with E-state index in [4.69, 9.17) is 0 Å². The van der Waals surface area contributed by atoms with Gasteiger partial charge in [-0.25, -0.2) is 4.98 Å². The molecule has 0 spiro atoms. The van der Waals surface area contributed by atoms with Gasteiger partial charge in [0.2, 0.25) is 5.91 Å². The van der Waals surface area contributed by atoms with E-state index in [0.717, 1.165) is 4.47 Å². The second-order valence-electron chi connectivity index (χ2n) is 4.04. The maximum atomic E-state index is 11.7. The van der Waals surface area contributed by atoms with Gasteiger partial charge in [-0.15, -0.1) is 0 Å². The lowest BCUT2D eigenvalue weighted by Crippen LogP contribution is -2.08. The highest BCUT2D eigenvalue weighted by Gasteiger charge is 2.04. The van der Waals surface area contributed by atoms with Crippen molar-refractivity contribution in [2.75, 3.05) is 5.32 Å². The predicted molar refractivity (Wildman–Crippen MR) is 82.7 cm³/mol. The number of rotatable bonds is 4. The molecule has 2 rings (SSSR count). The first kappa shape index (κ1) is 14.9. The van der Waals surface area contributed by atoms with Gasteiger partial charge in [0, 0.05) is 28.9 Å². The van der Waals surface area contributed by atoms with Gasteiger partial charge in [-0.2, -0.15) is 0 Å². The molecule has 6 nitrogen and oxygen atoms in total. The van der Waals surface area contributed by atoms with Crippen LogP contribution in [0.2, 0.25) is 0 Å². The molecule has 0 atom stereocenters. The lowest BCUT2D eigenvalue weighted by molar-refractivity contribution is -0.384. The number of pyridine rings is 1. The number of nitro benzene ring substituents is 1. The van der Waals surface area contributed by atoms with Gasteiger partial charge in [0.05, 0.1) is 4.92 Å². The SMILES string of the molecule is O=C(C=Cc1cccc([N+](=O)[O-])c1)Nc1ccc(Br)cn1. The number of nitro groups is 1. The molecule has 0 aliphatic heterocycles. The normalized spacial score (nSPS) is 10.5. The van der Waals surface area contributed by atoms with Crippen LogP contribution in [0.3, 0.4) is 0 Å². The molecule has 0 saturated heterocycles. The third-order valence-corrected chi connectivity index (χ3v) is 2.96. The Bertz CT molecular complexity index is 699. The molecule has 0 bridgehead atoms. The van der Waals surface area contributed by atoms with Crippen molar-refractivity contribution in [1.82, 2.24) is 4.98 Å². The number of nitrogens with one attached hydrogen (secondary N) is 1. The summed E-state index contributed by atoms with van der Waals surface area (Å²) in [5, 5.41) is 13.2. The number of carbonyl (C=O) groups excluding carboxylic acids is 1. The molecule has 1 N–H and O–H groups in total. The summed E-state index contributed by atoms with van der Waals surface area (Å²) < 4.78 is 0.813. The summed E-state index contributed by atoms with van der Waals surface area (Å²) in [7, 11) is 0. The second-order valence-corrected chi connectivity index (χ2v) is 4.95. The van der Waals surface area contributed by atoms with Crippen molar-refractivity contribution in [2.24, 2.45) is 0 Å². The number of non-ortho nitro benzene ring substituents is 1. The zero-order valence-electron chi connectivity index (χ0n) is 10.7. The zero-order valence-corrected chi connectivity index (χ0v) is 12.3. The number of benzene rings is 1. The molecular weight excluding hydrogens is 338 g/mol. The van der Waals surface area contributed by atoms with Crippen LogP contribution in [0.25, 0.3) is 6.08 Å². The summed E-state index contributed by atoms with van der Waals surface area (Å²) >= 11 is 3.25. The molecule has 2 aromatic rings. The first-order valence-corrected chi connectivity index (χ1v) is 6.69. The number of hydrogen-bond acceptors (Lipinski definition) is 4. The van der Waals surface area contributed by atoms with E-state index in [1.807, 2.05) is 0 Å². The van der Waals surface area contributed by atoms with Crippen LogP contribution in [0, 0.1) is 10.1 Å². The van der Waals surface area contributed by atoms with Crippen LogP contribution in [0.1, 0.15) is 5.56 Å². The van der Waals surface area contributed by atoms with E-state index in [0.29, 0.717) is 11.4 Å². The monoisotopic (exact) mass is 347 g/mol. The minimum absolute atomic E-state index is 0.0212. The van der Waals surface area contributed by atoms with Crippen LogP contribution >= 0.6 is 15.9 Å². The molecule has 1 heterocycles. The van der Waals surface area contributed by atoms with E-state index in [1.165, 1.54) is 24.3 Å². The van der Waals surface area contributed by atoms with Crippen molar-refractivity contribution in [3.05, 3.63) is 68.8 Å². The molecule has 1 aromatic heterocycles. The van der Waals surface area contributed by atoms with Gasteiger partial charge in [-0.3, -0.25) is 14.9 Å². The van der Waals surface area contributed by atoms with E-state index >= 15 is 0 Å². The Morgan fingerprint density at radius 1 is 1.33 bits per heavy atom. The van der Waals surface area contributed by atoms with Gasteiger partial charge in [0.25, 0.3) is 5.69 Å². The summed E-state index contributed by atoms with van der Waals surface area (Å²) in [6, 6.07) is 9.43. The summed E-state index contributed by atoms with van der Waals surface area (Å²) in [6.45, 7) is 0. The Kier molecular flexibility index (Phi) is 4.78. The van der Waals surface area contributed by atoms with Gasteiger partial charge in [-0.1, -0.05) is 12.1 Å². The molecule has 0 saturated carbocycles. The lowest BCUT2D eigenvalue weighted by atomic mass is 10.2. The number of aromatic nitrogens is 1. The zero-order chi connectivity index (χ0) is 15.2. The maximum Gasteiger partial charge on any atom is 0.270 e. The number of carbonyl (C=O) groups is 1. The van der Waals surface area contributed by atoms with Crippen molar-refractivity contribution in [1.29, 1.82) is 0 Å². The molecule has 0 aliphatic rings. The Labute approximate surface area is 128 Å². The fourth-order valence-electron chi connectivity index (χ4n) is 1.53. The highest BCUT2D eigenvalue weighted by molar-refractivity contribution is 9.10. The Morgan fingerprint density at radius 2 is 2.14 bits per heavy atom. The fourth-order valence-corrected chi connectivity index (χ4v) is 1.77. The quantitative estimate of drug-likeness (QED) is 0.521. The fraction of sp³-hybridized carbons (Fsp3) is 0. The Balaban J connectivity index is 2.03. The van der Waals surface area contributed by atoms with Gasteiger partial charge >= 0.3 is 0 Å². The average molecular weight is 348 g/mol. The summed E-state index contributed by atoms with van der Waals surface area (Å²) in [6.07, 6.45) is 4.36. The molecule has 0 fully saturated rings. The minimum atomic E-state index is -0.483. The van der Waals surface area contributed by atoms with Gasteiger partial charge in [-0.05, 0) is 39.7 Å². The van der Waals surface area contributed by atoms with Crippen molar-refractivity contribution in [3.8, 4) is 0 Å². The van der Waals surface area contributed by atoms with Crippen LogP contribution in [-0.4, -0.2) is 15.8 Å². The number of hydrogen-bond donors (Lipinski definition) is 1. The van der Waals surface area contributed by atoms with E-state index in [-0.39, 0.29) is 11.6 Å². The van der Waals surface area contributed by atoms with Crippen molar-refractivity contribution < 1.29 is 9.72 Å². The first-order valence-electron chi connectivity index (χ1n) is 5.90. The molecular formula is C14H10BrN3O3. The van der Waals surface area contributed by atoms with E-state index in [2.05, 4.69) is 26.2 Å². The highest BCUT2D eigenvalue weighted by atomic mass is 79.9. The lowest BCUT2D eigenvalue weighted by Gasteiger charge is -2.00. The molecule has 0 unspecified atom stereocenters. The van der Waals surface area contributed by atoms with E-state index in [9.17, 15) is 14.9 Å². The average Bonchev–Trinajstić information content (AvgIpc) is 2.48. The third kappa shape index (κ3) is 4.50. The summed E-state index contributed by atoms with van der Waals surface area (Å²) in [5.41, 5.74) is 0.551. The molecule has 106 valence electrons. The number of amides is 1. The number of anilines is 1. The van der Waals surface area contributed by atoms with E-state index < -0.39 is 4.92 Å². The minimum Gasteiger partial charge on any atom is -0.307 e. The third-order valence-electron chi connectivity index (χ3n) is 2.49. The van der Waals surface area contributed by atoms with Crippen LogP contribution in [0.15, 0.2) is 53.1 Å². The van der Waals surface area contributed by atoms with Crippen LogP contribution in [0.5, 0.6) is 0 Å². The molecule has 7 heteroatoms. The summed E-state index contributed by atoms with van der Waals surface area (Å²) in [4.78, 5) is 25.9. The van der Waals surface area contributed by atoms with Crippen molar-refractivity contribution >= 4 is 39.4 Å². The first-order chi connectivity index (χ1) is 10.0. The smallest absolute Gasteiger partial charge is 0.270 e. The molecule has 0 aliphatic carbocycles. The van der Waals surface area contributed by atoms with Gasteiger partial charge in [0.15, 0.2) is 0 Å². The summed E-state index contributed by atoms with van der Waals surface area (Å²) in [5.74, 6) is 0.0585. The van der Waals surface area contributed by atoms with Crippen LogP contribution < -0.4 is 5.32 Å². The number of halogens is 1. The van der Waals surface area contributed by atoms with Gasteiger partial charge in [0.1, 0.15) is 5.82 Å². The largest absolute Gasteiger partial charge is 0.307 e. The van der Waals surface area contributed by atoms with Crippen LogP contribution in [0.4, 0.5) is 11.5 Å². The van der Waals surface area contributed by atoms with Gasteiger partial charge < -0.3 is 5.32 Å². The maximum absolute atomic E-state index is 11.7. The molecule has 21 heavy (non-hydrogen) atoms. The molecule has 0 radical (unpaired) electrons. The topological polar surface area (TPSA) is 85.1 Å². The van der Waals surface area contributed by atoms with Crippen molar-refractivity contribution in [2.45, 2.75) is 0 Å². The molecule has 1 amide bonds. The number of nitrogens with zero attached hydrogens (tertiary/aromatic N) is 2. The van der Waals surface area contributed by atoms with Crippen molar-refractivity contribution in [3.63, 3.8) is 0 Å².